The van der Waals surface area contributed by atoms with Crippen molar-refractivity contribution in [2.75, 3.05) is 0 Å². The van der Waals surface area contributed by atoms with E-state index < -0.39 is 0 Å². The molecule has 2 atom stereocenters. The third-order valence-electron chi connectivity index (χ3n) is 13.2. The zero-order valence-electron chi connectivity index (χ0n) is 36.8. The summed E-state index contributed by atoms with van der Waals surface area (Å²) in [7, 11) is 0. The Kier molecular flexibility index (Phi) is 9.53. The van der Waals surface area contributed by atoms with Gasteiger partial charge in [0.25, 0.3) is 0 Å². The van der Waals surface area contributed by atoms with Crippen LogP contribution in [0.4, 0.5) is 0 Å². The minimum Gasteiger partial charge on any atom is -0.485 e. The molecule has 0 N–H and O–H groups in total. The van der Waals surface area contributed by atoms with Crippen molar-refractivity contribution in [2.24, 2.45) is 0 Å². The van der Waals surface area contributed by atoms with Crippen molar-refractivity contribution >= 4 is 17.0 Å². The zero-order chi connectivity index (χ0) is 45.0. The highest BCUT2D eigenvalue weighted by Gasteiger charge is 2.43. The second-order valence-corrected chi connectivity index (χ2v) is 17.3. The summed E-state index contributed by atoms with van der Waals surface area (Å²) in [5, 5.41) is 1.20. The molecule has 320 valence electrons. The van der Waals surface area contributed by atoms with Crippen molar-refractivity contribution in [3.05, 3.63) is 247 Å². The summed E-state index contributed by atoms with van der Waals surface area (Å²) in [6.45, 7) is 0. The van der Waals surface area contributed by atoms with Crippen molar-refractivity contribution in [3.8, 4) is 90.2 Å². The summed E-state index contributed by atoms with van der Waals surface area (Å²) in [6.07, 6.45) is 6.26. The minimum atomic E-state index is -0.225. The SMILES string of the molecule is C1=CC2Oc3cccc(-c4ncc(-c5cc(-c6ccccc6)cc(-c6ccccc6)c5)cc4-c4nc(-c5ccccc5)nc(-c5ccccc5)n4)c3C2c2c1c1ccccc1n2-c1ccccc1. The van der Waals surface area contributed by atoms with Gasteiger partial charge in [-0.2, -0.15) is 0 Å². The van der Waals surface area contributed by atoms with Crippen molar-refractivity contribution in [1.82, 2.24) is 24.5 Å². The number of hydrogen-bond acceptors (Lipinski definition) is 5. The number of para-hydroxylation sites is 2. The lowest BCUT2D eigenvalue weighted by Crippen LogP contribution is -2.23. The van der Waals surface area contributed by atoms with Crippen molar-refractivity contribution in [1.29, 1.82) is 0 Å². The molecule has 0 saturated heterocycles. The number of rotatable bonds is 8. The van der Waals surface area contributed by atoms with E-state index in [9.17, 15) is 0 Å². The van der Waals surface area contributed by atoms with Crippen LogP contribution in [-0.4, -0.2) is 30.6 Å². The Morgan fingerprint density at radius 1 is 0.426 bits per heavy atom. The van der Waals surface area contributed by atoms with Crippen molar-refractivity contribution < 1.29 is 4.74 Å². The number of aromatic nitrogens is 5. The zero-order valence-corrected chi connectivity index (χ0v) is 36.8. The first-order chi connectivity index (χ1) is 33.7. The summed E-state index contributed by atoms with van der Waals surface area (Å²) in [5.41, 5.74) is 16.5. The summed E-state index contributed by atoms with van der Waals surface area (Å²) in [4.78, 5) is 21.3. The van der Waals surface area contributed by atoms with E-state index in [4.69, 9.17) is 24.7 Å². The normalized spacial score (nSPS) is 14.5. The van der Waals surface area contributed by atoms with Crippen LogP contribution in [0.1, 0.15) is 22.7 Å². The van der Waals surface area contributed by atoms with Gasteiger partial charge in [0.15, 0.2) is 17.5 Å². The largest absolute Gasteiger partial charge is 0.485 e. The molecular weight excluding hydrogens is 831 g/mol. The highest BCUT2D eigenvalue weighted by atomic mass is 16.5. The monoisotopic (exact) mass is 871 g/mol. The van der Waals surface area contributed by atoms with Crippen LogP contribution >= 0.6 is 0 Å². The fraction of sp³-hybridized carbons (Fsp3) is 0.0323. The Bertz CT molecular complexity index is 3590. The summed E-state index contributed by atoms with van der Waals surface area (Å²) in [5.74, 6) is 2.39. The van der Waals surface area contributed by atoms with Gasteiger partial charge in [-0.05, 0) is 82.4 Å². The lowest BCUT2D eigenvalue weighted by atomic mass is 9.82. The highest BCUT2D eigenvalue weighted by molar-refractivity contribution is 5.95. The molecule has 6 nitrogen and oxygen atoms in total. The van der Waals surface area contributed by atoms with Gasteiger partial charge < -0.3 is 9.30 Å². The summed E-state index contributed by atoms with van der Waals surface area (Å²) < 4.78 is 9.37. The Balaban J connectivity index is 1.07. The van der Waals surface area contributed by atoms with Gasteiger partial charge in [-0.3, -0.25) is 4.98 Å². The molecule has 4 heterocycles. The van der Waals surface area contributed by atoms with E-state index in [1.54, 1.807) is 0 Å². The van der Waals surface area contributed by atoms with Gasteiger partial charge in [0.05, 0.1) is 17.1 Å². The van der Waals surface area contributed by atoms with Crippen molar-refractivity contribution in [3.63, 3.8) is 0 Å². The molecule has 0 bridgehead atoms. The van der Waals surface area contributed by atoms with Gasteiger partial charge in [0.1, 0.15) is 11.9 Å². The first-order valence-electron chi connectivity index (χ1n) is 23.0. The van der Waals surface area contributed by atoms with Crippen LogP contribution in [0.15, 0.2) is 231 Å². The molecule has 13 rings (SSSR count). The predicted octanol–water partition coefficient (Wildman–Crippen LogP) is 14.8. The lowest BCUT2D eigenvalue weighted by molar-refractivity contribution is 0.265. The molecule has 3 aromatic heterocycles. The fourth-order valence-corrected chi connectivity index (χ4v) is 10.1. The molecule has 0 spiro atoms. The van der Waals surface area contributed by atoms with E-state index in [1.165, 1.54) is 16.6 Å². The van der Waals surface area contributed by atoms with Crippen LogP contribution in [0.25, 0.3) is 101 Å². The molecule has 0 amide bonds. The van der Waals surface area contributed by atoms with E-state index in [1.807, 2.05) is 66.9 Å². The smallest absolute Gasteiger partial charge is 0.166 e. The summed E-state index contributed by atoms with van der Waals surface area (Å²) >= 11 is 0. The van der Waals surface area contributed by atoms with Gasteiger partial charge in [-0.15, -0.1) is 0 Å². The molecule has 8 aromatic carbocycles. The van der Waals surface area contributed by atoms with Crippen LogP contribution in [-0.2, 0) is 0 Å². The molecule has 68 heavy (non-hydrogen) atoms. The number of ether oxygens (including phenoxy) is 1. The van der Waals surface area contributed by atoms with Crippen LogP contribution < -0.4 is 4.74 Å². The molecule has 2 aliphatic rings. The first kappa shape index (κ1) is 39.4. The number of benzene rings is 8. The lowest BCUT2D eigenvalue weighted by Gasteiger charge is -2.25. The number of pyridine rings is 1. The molecule has 0 fully saturated rings. The maximum Gasteiger partial charge on any atom is 0.166 e. The minimum absolute atomic E-state index is 0.141. The van der Waals surface area contributed by atoms with Crippen LogP contribution in [0, 0.1) is 0 Å². The molecule has 1 aliphatic heterocycles. The Labute approximate surface area is 394 Å². The average Bonchev–Trinajstić information content (AvgIpc) is 3.98. The van der Waals surface area contributed by atoms with E-state index in [-0.39, 0.29) is 12.0 Å². The molecule has 0 saturated carbocycles. The van der Waals surface area contributed by atoms with E-state index in [2.05, 4.69) is 174 Å². The standard InChI is InChI=1S/C62H41N5O/c1-6-19-40(20-7-1)44-35-45(41-21-8-2-9-22-41)37-46(36-44)47-38-52(62-65-60(42-23-10-3-11-24-42)64-61(66-62)43-25-12-4-13-26-43)58(63-39-47)51-30-18-32-54-56(51)57-55(68-54)34-33-50-49-29-16-17-31-53(49)67(59(50)57)48-27-14-5-15-28-48/h1-39,55,57H. The molecule has 1 aliphatic carbocycles. The predicted molar refractivity (Wildman–Crippen MR) is 274 cm³/mol. The van der Waals surface area contributed by atoms with Gasteiger partial charge in [-0.1, -0.05) is 176 Å². The third-order valence-corrected chi connectivity index (χ3v) is 13.2. The molecule has 0 radical (unpaired) electrons. The van der Waals surface area contributed by atoms with E-state index in [0.717, 1.165) is 83.8 Å². The molecular formula is C62H41N5O. The number of hydrogen-bond donors (Lipinski definition) is 0. The fourth-order valence-electron chi connectivity index (χ4n) is 10.1. The number of fused-ring (bicyclic) bond motifs is 7. The summed E-state index contributed by atoms with van der Waals surface area (Å²) in [6, 6.07) is 76.1. The second-order valence-electron chi connectivity index (χ2n) is 17.3. The molecule has 6 heteroatoms. The quantitative estimate of drug-likeness (QED) is 0.152. The maximum absolute atomic E-state index is 6.95. The topological polar surface area (TPSA) is 65.7 Å². The second kappa shape index (κ2) is 16.5. The van der Waals surface area contributed by atoms with Gasteiger partial charge >= 0.3 is 0 Å². The van der Waals surface area contributed by atoms with Crippen LogP contribution in [0.2, 0.25) is 0 Å². The average molecular weight is 872 g/mol. The Morgan fingerprint density at radius 2 is 0.956 bits per heavy atom. The van der Waals surface area contributed by atoms with Gasteiger partial charge in [0, 0.05) is 61.9 Å². The third kappa shape index (κ3) is 6.81. The maximum atomic E-state index is 6.95. The van der Waals surface area contributed by atoms with E-state index >= 15 is 0 Å². The van der Waals surface area contributed by atoms with E-state index in [0.29, 0.717) is 17.5 Å². The van der Waals surface area contributed by atoms with Gasteiger partial charge in [0.2, 0.25) is 0 Å². The van der Waals surface area contributed by atoms with Crippen molar-refractivity contribution in [2.45, 2.75) is 12.0 Å². The molecule has 11 aromatic rings. The number of nitrogens with zero attached hydrogens (tertiary/aromatic N) is 5. The van der Waals surface area contributed by atoms with Crippen LogP contribution in [0.3, 0.4) is 0 Å². The molecule has 2 unspecified atom stereocenters. The highest BCUT2D eigenvalue weighted by Crippen LogP contribution is 2.53. The first-order valence-corrected chi connectivity index (χ1v) is 23.0. The van der Waals surface area contributed by atoms with Crippen LogP contribution in [0.5, 0.6) is 5.75 Å². The Morgan fingerprint density at radius 3 is 1.57 bits per heavy atom. The Hall–Kier alpha value is -9.00. The van der Waals surface area contributed by atoms with Gasteiger partial charge in [-0.25, -0.2) is 15.0 Å².